The molecule has 0 saturated carbocycles. The number of nitrogens with one attached hydrogen (secondary N) is 1. The van der Waals surface area contributed by atoms with Crippen LogP contribution in [0, 0.1) is 35.5 Å². The number of nitrogen functional groups attached to an aromatic ring is 1. The number of rotatable bonds is 24. The van der Waals surface area contributed by atoms with Gasteiger partial charge in [-0.3, -0.25) is 9.59 Å². The number of aliphatic hydroxyl groups is 4. The van der Waals surface area contributed by atoms with Gasteiger partial charge >= 0.3 is 11.9 Å². The summed E-state index contributed by atoms with van der Waals surface area (Å²) in [7, 11) is 11.0. The number of likely N-dealkylation sites (N-methyl/N-ethyl adjacent to an activating group) is 2. The number of aromatic nitrogens is 4. The zero-order valence-electron chi connectivity index (χ0n) is 88.0. The first-order chi connectivity index (χ1) is 66.0. The Bertz CT molecular complexity index is 4570. The molecule has 10 aliphatic rings. The molecule has 10 saturated heterocycles. The van der Waals surface area contributed by atoms with Crippen LogP contribution < -0.4 is 22.5 Å². The molecule has 792 valence electrons. The molecule has 36 atom stereocenters. The summed E-state index contributed by atoms with van der Waals surface area (Å²) >= 11 is 1.52. The second-order valence-electron chi connectivity index (χ2n) is 42.6. The quantitative estimate of drug-likeness (QED) is 0.0239. The first-order valence-corrected chi connectivity index (χ1v) is 51.4. The maximum absolute atomic E-state index is 14.9. The van der Waals surface area contributed by atoms with Crippen molar-refractivity contribution in [2.75, 3.05) is 94.2 Å². The van der Waals surface area contributed by atoms with Crippen LogP contribution in [0.4, 0.5) is 5.82 Å². The summed E-state index contributed by atoms with van der Waals surface area (Å²) in [6.07, 6.45) is -5.74. The van der Waals surface area contributed by atoms with E-state index >= 15 is 0 Å². The number of hydrogen-bond donors (Lipinski definition) is 8. The van der Waals surface area contributed by atoms with E-state index < -0.39 is 180 Å². The lowest BCUT2D eigenvalue weighted by molar-refractivity contribution is -0.314. The van der Waals surface area contributed by atoms with Crippen LogP contribution in [0.25, 0.3) is 16.4 Å². The van der Waals surface area contributed by atoms with Gasteiger partial charge in [0.2, 0.25) is 0 Å². The SMILES string of the molecule is CCCN1C[C@H](C)[C@H]2OC/C(=N\OCc3ccc(-c4cccc(N)n4)s3)CO[C@](C)(C[C@H]1C)[C@H](O[C@@H]1O[C@H](C)C[C@H](N(C)C)[C@H]1O)[C@@H](C)[C@H](O[C@H]1C[C@@](C)(OC)[C@H](N)[C@H](C)O1)[C@@H](C)C(=O)O[C@H](CC)[C@@]2(C)O.CC[C@H]1OC(=O)[C@H](C)[C@@H](O[C@H]2C[C@@](C)(OC)[C@H](N)[C@H](C)O2)[C@H](C)[C@@H](O[C@@H]2O[C@H](C)C[C@H](N(C)C)[C@H]2O)[C@@]2(C)C[C@@H](C)NC[C@H](C)[C@@H](OC/C(=N\OCc3ccc(-n4cccn4)nc3)CO2)[C@]1(C)O. The zero-order chi connectivity index (χ0) is 103. The number of aliphatic hydroxyl groups excluding tert-OH is 2. The van der Waals surface area contributed by atoms with Crippen molar-refractivity contribution in [2.45, 2.75) is 397 Å². The molecule has 37 nitrogen and oxygen atoms in total. The number of oxime groups is 2. The van der Waals surface area contributed by atoms with Crippen LogP contribution in [0.15, 0.2) is 77.4 Å². The van der Waals surface area contributed by atoms with Crippen molar-refractivity contribution in [3.8, 4) is 16.4 Å². The summed E-state index contributed by atoms with van der Waals surface area (Å²) in [5, 5.41) is 66.9. The van der Waals surface area contributed by atoms with E-state index in [2.05, 4.69) is 58.1 Å². The van der Waals surface area contributed by atoms with Crippen molar-refractivity contribution in [3.05, 3.63) is 77.6 Å². The molecule has 11 N–H and O–H groups in total. The van der Waals surface area contributed by atoms with Gasteiger partial charge in [0, 0.05) is 105 Å². The molecule has 0 aliphatic carbocycles. The monoisotopic (exact) mass is 1990 g/mol. The molecule has 0 amide bonds. The average molecular weight is 1990 g/mol. The molecule has 0 radical (unpaired) electrons. The molecule has 4 bridgehead atoms. The van der Waals surface area contributed by atoms with E-state index in [0.717, 1.165) is 34.0 Å². The molecule has 14 heterocycles. The minimum atomic E-state index is -1.68. The Morgan fingerprint density at radius 3 is 1.56 bits per heavy atom. The maximum Gasteiger partial charge on any atom is 0.311 e. The third-order valence-corrected chi connectivity index (χ3v) is 31.6. The molecule has 4 aromatic heterocycles. The van der Waals surface area contributed by atoms with Crippen molar-refractivity contribution >= 4 is 40.5 Å². The number of esters is 2. The Hall–Kier alpha value is -6.07. The van der Waals surface area contributed by atoms with Crippen LogP contribution in [-0.4, -0.2) is 347 Å². The Morgan fingerprint density at radius 1 is 0.607 bits per heavy atom. The molecule has 0 spiro atoms. The van der Waals surface area contributed by atoms with Crippen LogP contribution in [0.3, 0.4) is 0 Å². The number of nitrogens with two attached hydrogens (primary N) is 3. The highest BCUT2D eigenvalue weighted by Gasteiger charge is 2.58. The molecule has 38 heteroatoms. The summed E-state index contributed by atoms with van der Waals surface area (Å²) in [6, 6.07) is 13.3. The number of methoxy groups -OCH3 is 2. The van der Waals surface area contributed by atoms with Crippen molar-refractivity contribution in [2.24, 2.45) is 57.3 Å². The first-order valence-electron chi connectivity index (χ1n) is 50.6. The van der Waals surface area contributed by atoms with Crippen LogP contribution in [-0.2, 0) is 108 Å². The van der Waals surface area contributed by atoms with Gasteiger partial charge in [0.15, 0.2) is 37.6 Å². The Morgan fingerprint density at radius 2 is 1.11 bits per heavy atom. The molecular formula is C102H169N13O24S. The van der Waals surface area contributed by atoms with Crippen molar-refractivity contribution in [1.82, 2.24) is 39.8 Å². The number of pyridine rings is 2. The third kappa shape index (κ3) is 27.7. The number of carbonyl (C=O) groups is 2. The fourth-order valence-corrected chi connectivity index (χ4v) is 23.0. The number of hydrogen-bond acceptors (Lipinski definition) is 37. The molecule has 10 fully saturated rings. The number of ether oxygens (including phenoxy) is 16. The van der Waals surface area contributed by atoms with Gasteiger partial charge in [0.1, 0.15) is 59.5 Å². The summed E-state index contributed by atoms with van der Waals surface area (Å²) in [6.45, 7) is 42.2. The largest absolute Gasteiger partial charge is 0.459 e. The predicted molar refractivity (Wildman–Crippen MR) is 530 cm³/mol. The summed E-state index contributed by atoms with van der Waals surface area (Å²) < 4.78 is 109. The number of anilines is 1. The highest BCUT2D eigenvalue weighted by atomic mass is 32.1. The minimum absolute atomic E-state index is 0.0679. The zero-order valence-corrected chi connectivity index (χ0v) is 88.8. The van der Waals surface area contributed by atoms with Gasteiger partial charge in [-0.15, -0.1) is 11.3 Å². The van der Waals surface area contributed by atoms with Gasteiger partial charge in [0.05, 0.1) is 144 Å². The summed E-state index contributed by atoms with van der Waals surface area (Å²) in [4.78, 5) is 59.1. The van der Waals surface area contributed by atoms with E-state index in [-0.39, 0.29) is 114 Å². The summed E-state index contributed by atoms with van der Waals surface area (Å²) in [5.41, 5.74) is 14.2. The van der Waals surface area contributed by atoms with Gasteiger partial charge in [-0.2, -0.15) is 5.10 Å². The van der Waals surface area contributed by atoms with E-state index in [1.807, 2.05) is 177 Å². The maximum atomic E-state index is 14.9. The fraction of sp³-hybridized carbons (Fsp3) is 0.794. The second kappa shape index (κ2) is 49.6. The third-order valence-electron chi connectivity index (χ3n) is 30.5. The van der Waals surface area contributed by atoms with Crippen molar-refractivity contribution in [3.63, 3.8) is 0 Å². The van der Waals surface area contributed by atoms with E-state index in [4.69, 9.17) is 108 Å². The number of fused-ring (bicyclic) bond motifs is 30. The number of nitrogens with zero attached hydrogens (tertiary/aromatic N) is 9. The lowest BCUT2D eigenvalue weighted by Gasteiger charge is -2.50. The highest BCUT2D eigenvalue weighted by molar-refractivity contribution is 7.15. The van der Waals surface area contributed by atoms with E-state index in [0.29, 0.717) is 61.8 Å². The lowest BCUT2D eigenvalue weighted by atomic mass is 9.78. The molecule has 4 aromatic rings. The van der Waals surface area contributed by atoms with Crippen molar-refractivity contribution < 1.29 is 115 Å². The smallest absolute Gasteiger partial charge is 0.311 e. The topological polar surface area (TPSA) is 449 Å². The Labute approximate surface area is 833 Å². The highest BCUT2D eigenvalue weighted by Crippen LogP contribution is 2.46. The first kappa shape index (κ1) is 114. The van der Waals surface area contributed by atoms with Gasteiger partial charge in [-0.1, -0.05) is 70.9 Å². The van der Waals surface area contributed by atoms with Crippen LogP contribution in [0.2, 0.25) is 0 Å². The van der Waals surface area contributed by atoms with Crippen LogP contribution >= 0.6 is 11.3 Å². The number of thiophene rings is 1. The van der Waals surface area contributed by atoms with E-state index in [1.54, 1.807) is 65.1 Å². The Kier molecular flexibility index (Phi) is 40.5. The van der Waals surface area contributed by atoms with Gasteiger partial charge < -0.3 is 143 Å². The molecule has 0 unspecified atom stereocenters. The molecule has 14 rings (SSSR count). The van der Waals surface area contributed by atoms with Crippen LogP contribution in [0.1, 0.15) is 214 Å². The number of carbonyl (C=O) groups excluding carboxylic acids is 2. The molecule has 10 aliphatic heterocycles. The molecular weight excluding hydrogens is 1820 g/mol. The normalized spacial score (nSPS) is 41.4. The van der Waals surface area contributed by atoms with Crippen LogP contribution in [0.5, 0.6) is 0 Å². The van der Waals surface area contributed by atoms with Gasteiger partial charge in [-0.25, -0.2) is 14.6 Å². The van der Waals surface area contributed by atoms with Gasteiger partial charge in [0.25, 0.3) is 0 Å². The van der Waals surface area contributed by atoms with E-state index in [1.165, 1.54) is 11.3 Å². The molecule has 0 aromatic carbocycles. The predicted octanol–water partition coefficient (Wildman–Crippen LogP) is 9.73. The molecule has 140 heavy (non-hydrogen) atoms. The average Bonchev–Trinajstić information content (AvgIpc) is 1.75. The fourth-order valence-electron chi connectivity index (χ4n) is 22.1. The van der Waals surface area contributed by atoms with E-state index in [9.17, 15) is 30.0 Å². The standard InChI is InChI=1S/C53H88N6O12S.C49H81N7O12/c1-15-22-59-26-30(3)47-53(11,62)41(16-2)69-49(61)34(7)45(70-43-25-51(9,63-14)46(55)35(8)68-43)33(6)48(71-50-44(60)39(58(12)13)23-32(5)67-50)52(10,24-31(59)4)65-28-36(27-64-47)57-66-29-37-20-21-40(72-37)38-18-17-19-42(54)56-38;1-14-37-49(10,59)43-28(2)23-51-29(3)21-48(9,62-27-35(26-61-43)54-63-25-34-16-17-38(52-24-34)56-19-15-18-53-56)44(68-46-40(57)36(55(11)12)20-30(4)64-46)31(5)41(32(6)45(58)66-37)67-39-22-47(8,60-13)42(50)33(7)65-39/h17-21,30-35,39,41,43-48,50,60,62H,15-16,22-29,55H2,1-14H3,(H2,54,56);15-19,24,28-33,36-37,39-44,46,51,57,59H,14,20-23,25-27,50H2,1-13H3/b57-36+;54-35+/t30-,31+,32+,33-,34+,35-,39-,41+,43-,44+,45-,46+,47+,48+,50-,51+,52+,53+;28-,29+,30+,31-,32+,33-,36-,37+,39-,40+,41-,42+,43+,44+,46-,47+,48+,49+/m00/s1. The minimum Gasteiger partial charge on any atom is -0.459 e. The van der Waals surface area contributed by atoms with Crippen molar-refractivity contribution in [1.29, 1.82) is 0 Å². The van der Waals surface area contributed by atoms with Gasteiger partial charge in [-0.05, 0) is 225 Å². The second-order valence-corrected chi connectivity index (χ2v) is 43.8. The summed E-state index contributed by atoms with van der Waals surface area (Å²) in [5.74, 6) is -3.91. The lowest BCUT2D eigenvalue weighted by Crippen LogP contribution is -2.62. The Balaban J connectivity index is 0.000000268.